The molecule has 0 radical (unpaired) electrons. The molecule has 0 saturated heterocycles. The summed E-state index contributed by atoms with van der Waals surface area (Å²) in [4.78, 5) is 48.3. The predicted molar refractivity (Wildman–Crippen MR) is 154 cm³/mol. The number of rotatable bonds is 24. The fourth-order valence-electron chi connectivity index (χ4n) is 3.74. The highest BCUT2D eigenvalue weighted by Crippen LogP contribution is 2.14. The zero-order chi connectivity index (χ0) is 31.3. The van der Waals surface area contributed by atoms with Gasteiger partial charge in [-0.25, -0.2) is 0 Å². The van der Waals surface area contributed by atoms with Crippen molar-refractivity contribution in [3.05, 3.63) is 0 Å². The van der Waals surface area contributed by atoms with Crippen molar-refractivity contribution in [1.82, 2.24) is 21.3 Å². The summed E-state index contributed by atoms with van der Waals surface area (Å²) < 4.78 is 32.1. The number of ether oxygens (including phenoxy) is 1. The van der Waals surface area contributed by atoms with Crippen LogP contribution in [0.5, 0.6) is 0 Å². The molecule has 15 nitrogen and oxygen atoms in total. The summed E-state index contributed by atoms with van der Waals surface area (Å²) in [6.45, 7) is 4.50. The van der Waals surface area contributed by atoms with E-state index >= 15 is 0 Å². The molecule has 5 N–H and O–H groups in total. The number of aliphatic hydroxyl groups is 1. The quantitative estimate of drug-likeness (QED) is 0.0499. The van der Waals surface area contributed by atoms with Gasteiger partial charge in [-0.15, -0.1) is 0 Å². The van der Waals surface area contributed by atoms with Crippen LogP contribution in [0, 0.1) is 0 Å². The minimum atomic E-state index is -2.69. The molecule has 0 aromatic carbocycles. The molecule has 4 amide bonds. The van der Waals surface area contributed by atoms with Crippen molar-refractivity contribution in [1.29, 1.82) is 0 Å². The van der Waals surface area contributed by atoms with Crippen LogP contribution >= 0.6 is 0 Å². The van der Waals surface area contributed by atoms with Crippen molar-refractivity contribution < 1.29 is 51.2 Å². The highest BCUT2D eigenvalue weighted by atomic mass is 28.4. The maximum Gasteiger partial charge on any atom is 0.500 e. The molecule has 0 aliphatic heterocycles. The minimum Gasteiger partial charge on any atom is -0.396 e. The SMILES string of the molecule is CO[Si](CO)(CCCNC(=O)CC(=O)NC(C)COCC(C)NC(=O)CC(=O)NCCC[Si](OC)(OC)OC)OC. The Morgan fingerprint density at radius 3 is 1.44 bits per heavy atom. The van der Waals surface area contributed by atoms with E-state index in [-0.39, 0.29) is 44.4 Å². The number of hydrogen-bond acceptors (Lipinski definition) is 11. The first-order chi connectivity index (χ1) is 19.4. The number of carbonyl (C=O) groups excluding carboxylic acids is 4. The third kappa shape index (κ3) is 16.9. The molecule has 2 unspecified atom stereocenters. The zero-order valence-electron chi connectivity index (χ0n) is 25.5. The Hall–Kier alpha value is -1.97. The van der Waals surface area contributed by atoms with E-state index in [0.717, 1.165) is 0 Å². The van der Waals surface area contributed by atoms with E-state index in [1.165, 1.54) is 35.5 Å². The Labute approximate surface area is 245 Å². The summed E-state index contributed by atoms with van der Waals surface area (Å²) in [5.41, 5.74) is 0. The van der Waals surface area contributed by atoms with Gasteiger partial charge < -0.3 is 53.2 Å². The largest absolute Gasteiger partial charge is 0.500 e. The molecule has 0 spiro atoms. The van der Waals surface area contributed by atoms with Gasteiger partial charge in [0.05, 0.1) is 19.4 Å². The van der Waals surface area contributed by atoms with E-state index in [4.69, 9.17) is 26.9 Å². The highest BCUT2D eigenvalue weighted by Gasteiger charge is 2.37. The Morgan fingerprint density at radius 2 is 1.07 bits per heavy atom. The van der Waals surface area contributed by atoms with Gasteiger partial charge in [0.2, 0.25) is 23.6 Å². The first-order valence-corrected chi connectivity index (χ1v) is 17.7. The molecule has 2 atom stereocenters. The van der Waals surface area contributed by atoms with Crippen molar-refractivity contribution in [3.63, 3.8) is 0 Å². The van der Waals surface area contributed by atoms with Gasteiger partial charge >= 0.3 is 17.4 Å². The fraction of sp³-hybridized carbons (Fsp3) is 0.833. The third-order valence-electron chi connectivity index (χ3n) is 6.15. The van der Waals surface area contributed by atoms with Crippen LogP contribution in [0.2, 0.25) is 12.1 Å². The molecule has 0 aromatic rings. The van der Waals surface area contributed by atoms with E-state index in [1.807, 2.05) is 0 Å². The van der Waals surface area contributed by atoms with Gasteiger partial charge in [0.1, 0.15) is 12.8 Å². The van der Waals surface area contributed by atoms with Gasteiger partial charge in [-0.05, 0) is 32.7 Å². The van der Waals surface area contributed by atoms with Gasteiger partial charge in [0, 0.05) is 66.8 Å². The molecule has 0 rings (SSSR count). The van der Waals surface area contributed by atoms with E-state index in [1.54, 1.807) is 13.8 Å². The summed E-state index contributed by atoms with van der Waals surface area (Å²) in [6.07, 6.45) is 0.303. The second kappa shape index (κ2) is 21.7. The first kappa shape index (κ1) is 39.0. The lowest BCUT2D eigenvalue weighted by atomic mass is 10.3. The summed E-state index contributed by atoms with van der Waals surface area (Å²) in [6, 6.07) is 0.316. The lowest BCUT2D eigenvalue weighted by Gasteiger charge is -2.24. The maximum absolute atomic E-state index is 12.1. The highest BCUT2D eigenvalue weighted by molar-refractivity contribution is 6.67. The van der Waals surface area contributed by atoms with Crippen LogP contribution in [0.25, 0.3) is 0 Å². The van der Waals surface area contributed by atoms with E-state index in [9.17, 15) is 24.3 Å². The number of carbonyl (C=O) groups is 4. The second-order valence-corrected chi connectivity index (χ2v) is 16.1. The van der Waals surface area contributed by atoms with Gasteiger partial charge in [-0.3, -0.25) is 19.2 Å². The molecule has 240 valence electrons. The summed E-state index contributed by atoms with van der Waals surface area (Å²) in [5, 5.41) is 20.2. The van der Waals surface area contributed by atoms with Gasteiger partial charge in [-0.2, -0.15) is 0 Å². The molecule has 0 aromatic heterocycles. The van der Waals surface area contributed by atoms with Gasteiger partial charge in [0.25, 0.3) is 0 Å². The van der Waals surface area contributed by atoms with Crippen molar-refractivity contribution in [2.24, 2.45) is 0 Å². The molecule has 0 aliphatic carbocycles. The molecule has 0 heterocycles. The first-order valence-electron chi connectivity index (χ1n) is 13.5. The van der Waals surface area contributed by atoms with Crippen molar-refractivity contribution in [2.75, 3.05) is 68.1 Å². The van der Waals surface area contributed by atoms with Gasteiger partial charge in [0.15, 0.2) is 0 Å². The summed E-state index contributed by atoms with van der Waals surface area (Å²) in [7, 11) is 2.21. The fourth-order valence-corrected chi connectivity index (χ4v) is 7.17. The van der Waals surface area contributed by atoms with Crippen LogP contribution in [-0.4, -0.2) is 126 Å². The van der Waals surface area contributed by atoms with Crippen LogP contribution in [0.3, 0.4) is 0 Å². The monoisotopic (exact) mass is 626 g/mol. The summed E-state index contributed by atoms with van der Waals surface area (Å²) in [5.74, 6) is -1.70. The molecular weight excluding hydrogens is 576 g/mol. The lowest BCUT2D eigenvalue weighted by Crippen LogP contribution is -2.45. The Kier molecular flexibility index (Phi) is 20.7. The van der Waals surface area contributed by atoms with Crippen LogP contribution in [0.1, 0.15) is 39.5 Å². The van der Waals surface area contributed by atoms with Crippen LogP contribution < -0.4 is 21.3 Å². The van der Waals surface area contributed by atoms with Crippen molar-refractivity contribution in [2.45, 2.75) is 63.7 Å². The standard InChI is InChI=1S/C24H50N4O11Si2/c1-19(27-23(32)14-21(30)25-10-8-12-40(18-29,34-3)35-4)16-39-17-20(2)28-24(33)15-22(31)26-11-9-13-41(36-5,37-6)38-7/h19-20,29H,8-18H2,1-7H3,(H,25,30)(H,26,31)(H,27,32)(H,28,33). The Balaban J connectivity index is 4.09. The maximum atomic E-state index is 12.1. The molecule has 17 heteroatoms. The molecule has 41 heavy (non-hydrogen) atoms. The minimum absolute atomic E-state index is 0.172. The number of amides is 4. The van der Waals surface area contributed by atoms with E-state index in [2.05, 4.69) is 21.3 Å². The molecule has 0 bridgehead atoms. The average molecular weight is 627 g/mol. The lowest BCUT2D eigenvalue weighted by molar-refractivity contribution is -0.131. The smallest absolute Gasteiger partial charge is 0.396 e. The molecule has 0 aliphatic rings. The number of aliphatic hydroxyl groups excluding tert-OH is 1. The molecule has 0 fully saturated rings. The molecule has 0 saturated carbocycles. The van der Waals surface area contributed by atoms with Crippen LogP contribution in [0.15, 0.2) is 0 Å². The topological polar surface area (TPSA) is 192 Å². The predicted octanol–water partition coefficient (Wildman–Crippen LogP) is -1.05. The Bertz CT molecular complexity index is 708. The zero-order valence-corrected chi connectivity index (χ0v) is 27.5. The van der Waals surface area contributed by atoms with Crippen molar-refractivity contribution in [3.8, 4) is 0 Å². The second-order valence-electron chi connectivity index (χ2n) is 9.51. The number of hydrogen-bond donors (Lipinski definition) is 5. The van der Waals surface area contributed by atoms with Crippen LogP contribution in [0.4, 0.5) is 0 Å². The van der Waals surface area contributed by atoms with E-state index in [0.29, 0.717) is 38.0 Å². The van der Waals surface area contributed by atoms with Crippen LogP contribution in [-0.2, 0) is 46.0 Å². The average Bonchev–Trinajstić information content (AvgIpc) is 2.93. The third-order valence-corrected chi connectivity index (χ3v) is 12.1. The van der Waals surface area contributed by atoms with Gasteiger partial charge in [-0.1, -0.05) is 0 Å². The molecular formula is C24H50N4O11Si2. The van der Waals surface area contributed by atoms with E-state index < -0.39 is 41.0 Å². The summed E-state index contributed by atoms with van der Waals surface area (Å²) >= 11 is 0. The number of nitrogens with one attached hydrogen (secondary N) is 4. The normalized spacial score (nSPS) is 13.3. The Morgan fingerprint density at radius 1 is 0.659 bits per heavy atom. The van der Waals surface area contributed by atoms with Crippen molar-refractivity contribution >= 4 is 41.0 Å².